The lowest BCUT2D eigenvalue weighted by atomic mass is 9.98. The van der Waals surface area contributed by atoms with Crippen molar-refractivity contribution in [1.82, 2.24) is 0 Å². The third kappa shape index (κ3) is 6.64. The maximum Gasteiger partial charge on any atom is 0.329 e. The number of aliphatic carboxylic acids is 1. The second-order valence-corrected chi connectivity index (χ2v) is 5.19. The van der Waals surface area contributed by atoms with Crippen molar-refractivity contribution in [3.63, 3.8) is 0 Å². The Morgan fingerprint density at radius 3 is 2.00 bits per heavy atom. The van der Waals surface area contributed by atoms with Gasteiger partial charge in [0, 0.05) is 20.8 Å². The van der Waals surface area contributed by atoms with Crippen LogP contribution in [0.4, 0.5) is 0 Å². The zero-order chi connectivity index (χ0) is 19.1. The Labute approximate surface area is 142 Å². The second kappa shape index (κ2) is 9.30. The number of hydrogen-bond donors (Lipinski definition) is 2. The van der Waals surface area contributed by atoms with Crippen molar-refractivity contribution in [3.8, 4) is 0 Å². The van der Waals surface area contributed by atoms with Crippen LogP contribution in [0.25, 0.3) is 0 Å². The SMILES string of the molecule is CC(=O)OC[C@H]1O[C@H](OCC(=O)O)[C@H](O)[C@@H](OC(C)=O)[C@@H]1OC(C)=O. The molecule has 11 nitrogen and oxygen atoms in total. The first-order chi connectivity index (χ1) is 11.6. The molecule has 0 radical (unpaired) electrons. The predicted molar refractivity (Wildman–Crippen MR) is 76.0 cm³/mol. The smallest absolute Gasteiger partial charge is 0.329 e. The third-order valence-electron chi connectivity index (χ3n) is 3.04. The standard InChI is InChI=1S/C14H20O11/c1-6(15)21-4-9-12(23-7(2)16)13(24-8(3)17)11(20)14(25-9)22-5-10(18)19/h9,11-14,20H,4-5H2,1-3H3,(H,18,19)/t9-,11-,12-,13-,14+/m1/s1. The fourth-order valence-electron chi connectivity index (χ4n) is 2.18. The van der Waals surface area contributed by atoms with Gasteiger partial charge in [-0.05, 0) is 0 Å². The second-order valence-electron chi connectivity index (χ2n) is 5.19. The third-order valence-corrected chi connectivity index (χ3v) is 3.04. The minimum atomic E-state index is -1.64. The van der Waals surface area contributed by atoms with Crippen LogP contribution in [-0.2, 0) is 42.9 Å². The van der Waals surface area contributed by atoms with Gasteiger partial charge in [0.25, 0.3) is 0 Å². The lowest BCUT2D eigenvalue weighted by Gasteiger charge is -2.42. The molecular formula is C14H20O11. The number of carbonyl (C=O) groups is 4. The van der Waals surface area contributed by atoms with Crippen LogP contribution < -0.4 is 0 Å². The highest BCUT2D eigenvalue weighted by molar-refractivity contribution is 5.68. The van der Waals surface area contributed by atoms with Gasteiger partial charge >= 0.3 is 23.9 Å². The summed E-state index contributed by atoms with van der Waals surface area (Å²) < 4.78 is 25.1. The zero-order valence-corrected chi connectivity index (χ0v) is 13.9. The van der Waals surface area contributed by atoms with E-state index in [-0.39, 0.29) is 0 Å². The van der Waals surface area contributed by atoms with Gasteiger partial charge in [-0.2, -0.15) is 0 Å². The fraction of sp³-hybridized carbons (Fsp3) is 0.714. The molecule has 0 aliphatic carbocycles. The first-order valence-corrected chi connectivity index (χ1v) is 7.26. The molecule has 25 heavy (non-hydrogen) atoms. The maximum absolute atomic E-state index is 11.3. The Hall–Kier alpha value is -2.24. The summed E-state index contributed by atoms with van der Waals surface area (Å²) in [5.74, 6) is -3.51. The summed E-state index contributed by atoms with van der Waals surface area (Å²) >= 11 is 0. The highest BCUT2D eigenvalue weighted by Crippen LogP contribution is 2.27. The number of carbonyl (C=O) groups excluding carboxylic acids is 3. The normalized spacial score (nSPS) is 28.7. The summed E-state index contributed by atoms with van der Waals surface area (Å²) in [5.41, 5.74) is 0. The van der Waals surface area contributed by atoms with Crippen LogP contribution in [0.3, 0.4) is 0 Å². The average Bonchev–Trinajstić information content (AvgIpc) is 2.47. The minimum absolute atomic E-state index is 0.398. The van der Waals surface area contributed by atoms with Gasteiger partial charge in [0.2, 0.25) is 0 Å². The van der Waals surface area contributed by atoms with Crippen LogP contribution >= 0.6 is 0 Å². The van der Waals surface area contributed by atoms with Crippen molar-refractivity contribution in [2.24, 2.45) is 0 Å². The molecule has 0 spiro atoms. The molecule has 2 N–H and O–H groups in total. The number of carboxylic acid groups (broad SMARTS) is 1. The molecule has 0 aromatic carbocycles. The van der Waals surface area contributed by atoms with Crippen molar-refractivity contribution in [2.75, 3.05) is 13.2 Å². The molecular weight excluding hydrogens is 344 g/mol. The number of aliphatic hydroxyl groups excluding tert-OH is 1. The molecule has 0 unspecified atom stereocenters. The molecule has 1 aliphatic heterocycles. The van der Waals surface area contributed by atoms with E-state index in [1.807, 2.05) is 0 Å². The van der Waals surface area contributed by atoms with E-state index in [9.17, 15) is 24.3 Å². The molecule has 11 heteroatoms. The summed E-state index contributed by atoms with van der Waals surface area (Å²) in [6.45, 7) is 2.10. The topological polar surface area (TPSA) is 155 Å². The molecule has 1 aliphatic rings. The zero-order valence-electron chi connectivity index (χ0n) is 13.9. The number of aliphatic hydroxyl groups is 1. The van der Waals surface area contributed by atoms with Crippen molar-refractivity contribution < 1.29 is 53.1 Å². The van der Waals surface area contributed by atoms with E-state index in [1.165, 1.54) is 0 Å². The van der Waals surface area contributed by atoms with E-state index < -0.39 is 67.8 Å². The molecule has 1 rings (SSSR count). The molecule has 1 saturated heterocycles. The van der Waals surface area contributed by atoms with Gasteiger partial charge in [0.05, 0.1) is 0 Å². The van der Waals surface area contributed by atoms with Crippen LogP contribution in [0.15, 0.2) is 0 Å². The highest BCUT2D eigenvalue weighted by Gasteiger charge is 2.50. The monoisotopic (exact) mass is 364 g/mol. The van der Waals surface area contributed by atoms with Crippen molar-refractivity contribution in [2.45, 2.75) is 51.5 Å². The van der Waals surface area contributed by atoms with Crippen LogP contribution in [0, 0.1) is 0 Å². The summed E-state index contributed by atoms with van der Waals surface area (Å²) in [5, 5.41) is 18.9. The quantitative estimate of drug-likeness (QED) is 0.405. The molecule has 0 saturated carbocycles. The molecule has 0 bridgehead atoms. The molecule has 0 aromatic rings. The number of hydrogen-bond acceptors (Lipinski definition) is 10. The number of rotatable bonds is 7. The van der Waals surface area contributed by atoms with Gasteiger partial charge in [-0.3, -0.25) is 14.4 Å². The highest BCUT2D eigenvalue weighted by atomic mass is 16.7. The Bertz CT molecular complexity index is 517. The van der Waals surface area contributed by atoms with Crippen LogP contribution in [0.1, 0.15) is 20.8 Å². The van der Waals surface area contributed by atoms with E-state index in [0.29, 0.717) is 0 Å². The lowest BCUT2D eigenvalue weighted by Crippen LogP contribution is -2.62. The van der Waals surface area contributed by atoms with Gasteiger partial charge in [-0.1, -0.05) is 0 Å². The Morgan fingerprint density at radius 2 is 1.52 bits per heavy atom. The van der Waals surface area contributed by atoms with Gasteiger partial charge in [0.15, 0.2) is 18.5 Å². The van der Waals surface area contributed by atoms with Crippen LogP contribution in [0.5, 0.6) is 0 Å². The van der Waals surface area contributed by atoms with Crippen molar-refractivity contribution >= 4 is 23.9 Å². The molecule has 0 aromatic heterocycles. The first-order valence-electron chi connectivity index (χ1n) is 7.26. The molecule has 1 heterocycles. The molecule has 0 amide bonds. The molecule has 1 fully saturated rings. The van der Waals surface area contributed by atoms with Crippen molar-refractivity contribution in [3.05, 3.63) is 0 Å². The predicted octanol–water partition coefficient (Wildman–Crippen LogP) is -1.40. The minimum Gasteiger partial charge on any atom is -0.480 e. The fourth-order valence-corrected chi connectivity index (χ4v) is 2.18. The van der Waals surface area contributed by atoms with E-state index in [2.05, 4.69) is 0 Å². The number of ether oxygens (including phenoxy) is 5. The van der Waals surface area contributed by atoms with E-state index in [1.54, 1.807) is 0 Å². The average molecular weight is 364 g/mol. The van der Waals surface area contributed by atoms with Crippen molar-refractivity contribution in [1.29, 1.82) is 0 Å². The number of carboxylic acids is 1. The van der Waals surface area contributed by atoms with Gasteiger partial charge < -0.3 is 33.9 Å². The summed E-state index contributed by atoms with van der Waals surface area (Å²) in [4.78, 5) is 44.2. The Balaban J connectivity index is 3.04. The number of esters is 3. The van der Waals surface area contributed by atoms with E-state index in [0.717, 1.165) is 20.8 Å². The van der Waals surface area contributed by atoms with Crippen LogP contribution in [0.2, 0.25) is 0 Å². The van der Waals surface area contributed by atoms with Gasteiger partial charge in [-0.15, -0.1) is 0 Å². The molecule has 5 atom stereocenters. The summed E-state index contributed by atoms with van der Waals surface area (Å²) in [6, 6.07) is 0. The van der Waals surface area contributed by atoms with E-state index >= 15 is 0 Å². The van der Waals surface area contributed by atoms with Gasteiger partial charge in [0.1, 0.15) is 25.4 Å². The Kier molecular flexibility index (Phi) is 7.74. The lowest BCUT2D eigenvalue weighted by molar-refractivity contribution is -0.304. The summed E-state index contributed by atoms with van der Waals surface area (Å²) in [6.07, 6.45) is -7.00. The summed E-state index contributed by atoms with van der Waals surface area (Å²) in [7, 11) is 0. The maximum atomic E-state index is 11.3. The van der Waals surface area contributed by atoms with Crippen LogP contribution in [-0.4, -0.2) is 78.0 Å². The Morgan fingerprint density at radius 1 is 0.960 bits per heavy atom. The van der Waals surface area contributed by atoms with E-state index in [4.69, 9.17) is 28.8 Å². The first kappa shape index (κ1) is 20.8. The largest absolute Gasteiger partial charge is 0.480 e. The van der Waals surface area contributed by atoms with Gasteiger partial charge in [-0.25, -0.2) is 4.79 Å². The molecule has 142 valence electrons.